The van der Waals surface area contributed by atoms with E-state index in [4.69, 9.17) is 11.6 Å². The van der Waals surface area contributed by atoms with E-state index < -0.39 is 0 Å². The third-order valence-electron chi connectivity index (χ3n) is 4.35. The average molecular weight is 310 g/mol. The molecule has 2 heteroatoms. The van der Waals surface area contributed by atoms with E-state index in [1.807, 2.05) is 18.3 Å². The van der Waals surface area contributed by atoms with Crippen LogP contribution in [0.3, 0.4) is 0 Å². The van der Waals surface area contributed by atoms with Crippen LogP contribution in [0.5, 0.6) is 0 Å². The molecule has 0 N–H and O–H groups in total. The van der Waals surface area contributed by atoms with Crippen LogP contribution in [0.2, 0.25) is 0 Å². The molecule has 3 aromatic rings. The van der Waals surface area contributed by atoms with Gasteiger partial charge in [-0.2, -0.15) is 0 Å². The highest BCUT2D eigenvalue weighted by molar-refractivity contribution is 6.23. The lowest BCUT2D eigenvalue weighted by molar-refractivity contribution is 0.733. The molecule has 0 bridgehead atoms. The minimum absolute atomic E-state index is 0.176. The van der Waals surface area contributed by atoms with Crippen LogP contribution in [0.25, 0.3) is 10.9 Å². The minimum atomic E-state index is -0.176. The third kappa shape index (κ3) is 2.86. The molecule has 1 aromatic heterocycles. The van der Waals surface area contributed by atoms with Gasteiger partial charge in [0.25, 0.3) is 0 Å². The predicted molar refractivity (Wildman–Crippen MR) is 94.6 cm³/mol. The van der Waals surface area contributed by atoms with Crippen molar-refractivity contribution in [3.63, 3.8) is 0 Å². The van der Waals surface area contributed by atoms with Gasteiger partial charge in [-0.05, 0) is 29.5 Å². The van der Waals surface area contributed by atoms with E-state index in [1.165, 1.54) is 5.56 Å². The fourth-order valence-electron chi connectivity index (χ4n) is 2.74. The highest BCUT2D eigenvalue weighted by Crippen LogP contribution is 2.33. The zero-order valence-electron chi connectivity index (χ0n) is 13.0. The van der Waals surface area contributed by atoms with Crippen LogP contribution in [0, 0.1) is 0 Å². The Labute approximate surface area is 137 Å². The Morgan fingerprint density at radius 3 is 2.36 bits per heavy atom. The Bertz CT molecular complexity index is 759. The fraction of sp³-hybridized carbons (Fsp3) is 0.250. The first-order valence-electron chi connectivity index (χ1n) is 7.78. The second-order valence-corrected chi connectivity index (χ2v) is 6.20. The van der Waals surface area contributed by atoms with Crippen molar-refractivity contribution in [2.24, 2.45) is 0 Å². The summed E-state index contributed by atoms with van der Waals surface area (Å²) in [4.78, 5) is 4.50. The van der Waals surface area contributed by atoms with Crippen LogP contribution < -0.4 is 0 Å². The van der Waals surface area contributed by atoms with Crippen LogP contribution in [-0.4, -0.2) is 4.98 Å². The maximum absolute atomic E-state index is 6.74. The van der Waals surface area contributed by atoms with Crippen molar-refractivity contribution in [1.82, 2.24) is 4.98 Å². The molecule has 0 radical (unpaired) electrons. The van der Waals surface area contributed by atoms with E-state index in [0.717, 1.165) is 28.5 Å². The van der Waals surface area contributed by atoms with Gasteiger partial charge >= 0.3 is 0 Å². The molecule has 0 spiro atoms. The van der Waals surface area contributed by atoms with E-state index in [2.05, 4.69) is 61.3 Å². The van der Waals surface area contributed by atoms with Crippen molar-refractivity contribution in [2.45, 2.75) is 31.6 Å². The van der Waals surface area contributed by atoms with Gasteiger partial charge < -0.3 is 0 Å². The Kier molecular flexibility index (Phi) is 4.44. The number of benzene rings is 2. The monoisotopic (exact) mass is 309 g/mol. The maximum atomic E-state index is 6.74. The van der Waals surface area contributed by atoms with Gasteiger partial charge in [-0.3, -0.25) is 4.98 Å². The standard InChI is InChI=1S/C20H20ClN/c1-3-14(2)15-9-11-16(12-10-15)19(21)18-8-4-6-17-7-5-13-22-20(17)18/h4-14,19H,3H2,1-2H3. The summed E-state index contributed by atoms with van der Waals surface area (Å²) in [5.74, 6) is 0.585. The molecule has 112 valence electrons. The summed E-state index contributed by atoms with van der Waals surface area (Å²) < 4.78 is 0. The molecular weight excluding hydrogens is 290 g/mol. The van der Waals surface area contributed by atoms with E-state index >= 15 is 0 Å². The first-order chi connectivity index (χ1) is 10.7. The van der Waals surface area contributed by atoms with Gasteiger partial charge in [0.2, 0.25) is 0 Å². The zero-order valence-corrected chi connectivity index (χ0v) is 13.7. The summed E-state index contributed by atoms with van der Waals surface area (Å²) in [5, 5.41) is 0.950. The number of fused-ring (bicyclic) bond motifs is 1. The summed E-state index contributed by atoms with van der Waals surface area (Å²) in [7, 11) is 0. The molecule has 22 heavy (non-hydrogen) atoms. The van der Waals surface area contributed by atoms with Crippen molar-refractivity contribution in [3.05, 3.63) is 77.5 Å². The fourth-order valence-corrected chi connectivity index (χ4v) is 3.06. The number of nitrogens with zero attached hydrogens (tertiary/aromatic N) is 1. The molecule has 0 saturated carbocycles. The Balaban J connectivity index is 1.97. The Morgan fingerprint density at radius 1 is 0.955 bits per heavy atom. The van der Waals surface area contributed by atoms with Gasteiger partial charge in [-0.15, -0.1) is 11.6 Å². The normalized spacial score (nSPS) is 14.0. The van der Waals surface area contributed by atoms with E-state index in [-0.39, 0.29) is 5.38 Å². The predicted octanol–water partition coefficient (Wildman–Crippen LogP) is 6.08. The van der Waals surface area contributed by atoms with Crippen LogP contribution in [0.1, 0.15) is 48.3 Å². The lowest BCUT2D eigenvalue weighted by Crippen LogP contribution is -1.97. The molecule has 0 aliphatic carbocycles. The molecule has 0 fully saturated rings. The molecule has 0 aliphatic rings. The van der Waals surface area contributed by atoms with Gasteiger partial charge in [-0.1, -0.05) is 62.4 Å². The van der Waals surface area contributed by atoms with Gasteiger partial charge in [-0.25, -0.2) is 0 Å². The third-order valence-corrected chi connectivity index (χ3v) is 4.83. The SMILES string of the molecule is CCC(C)c1ccc(C(Cl)c2cccc3cccnc23)cc1. The number of halogens is 1. The summed E-state index contributed by atoms with van der Waals surface area (Å²) in [6.45, 7) is 4.46. The first kappa shape index (κ1) is 15.1. The molecule has 2 aromatic carbocycles. The van der Waals surface area contributed by atoms with E-state index in [1.54, 1.807) is 0 Å². The van der Waals surface area contributed by atoms with Gasteiger partial charge in [0.05, 0.1) is 10.9 Å². The Morgan fingerprint density at radius 2 is 1.64 bits per heavy atom. The number of hydrogen-bond donors (Lipinski definition) is 0. The molecule has 0 amide bonds. The number of para-hydroxylation sites is 1. The first-order valence-corrected chi connectivity index (χ1v) is 8.22. The molecule has 2 atom stereocenters. The van der Waals surface area contributed by atoms with Crippen molar-refractivity contribution in [1.29, 1.82) is 0 Å². The Hall–Kier alpha value is -1.86. The highest BCUT2D eigenvalue weighted by atomic mass is 35.5. The van der Waals surface area contributed by atoms with Crippen LogP contribution in [-0.2, 0) is 0 Å². The molecule has 0 saturated heterocycles. The number of pyridine rings is 1. The molecule has 1 nitrogen and oxygen atoms in total. The summed E-state index contributed by atoms with van der Waals surface area (Å²) in [5.41, 5.74) is 4.53. The summed E-state index contributed by atoms with van der Waals surface area (Å²) in [6, 6.07) is 18.9. The smallest absolute Gasteiger partial charge is 0.0856 e. The molecule has 1 heterocycles. The van der Waals surface area contributed by atoms with Crippen molar-refractivity contribution in [3.8, 4) is 0 Å². The number of rotatable bonds is 4. The zero-order chi connectivity index (χ0) is 15.5. The van der Waals surface area contributed by atoms with Gasteiger partial charge in [0.15, 0.2) is 0 Å². The topological polar surface area (TPSA) is 12.9 Å². The van der Waals surface area contributed by atoms with Crippen LogP contribution in [0.4, 0.5) is 0 Å². The number of alkyl halides is 1. The minimum Gasteiger partial charge on any atom is -0.256 e. The van der Waals surface area contributed by atoms with Gasteiger partial charge in [0.1, 0.15) is 0 Å². The van der Waals surface area contributed by atoms with Crippen molar-refractivity contribution < 1.29 is 0 Å². The molecule has 2 unspecified atom stereocenters. The van der Waals surface area contributed by atoms with Gasteiger partial charge in [0, 0.05) is 17.1 Å². The number of hydrogen-bond acceptors (Lipinski definition) is 1. The molecule has 3 rings (SSSR count). The quantitative estimate of drug-likeness (QED) is 0.532. The van der Waals surface area contributed by atoms with Crippen molar-refractivity contribution in [2.75, 3.05) is 0 Å². The second-order valence-electron chi connectivity index (χ2n) is 5.76. The number of aromatic nitrogens is 1. The second kappa shape index (κ2) is 6.50. The average Bonchev–Trinajstić information content (AvgIpc) is 2.60. The van der Waals surface area contributed by atoms with Crippen LogP contribution >= 0.6 is 11.6 Å². The van der Waals surface area contributed by atoms with E-state index in [9.17, 15) is 0 Å². The van der Waals surface area contributed by atoms with E-state index in [0.29, 0.717) is 5.92 Å². The van der Waals surface area contributed by atoms with Crippen molar-refractivity contribution >= 4 is 22.5 Å². The maximum Gasteiger partial charge on any atom is 0.0856 e. The lowest BCUT2D eigenvalue weighted by Gasteiger charge is -2.14. The molecule has 0 aliphatic heterocycles. The largest absolute Gasteiger partial charge is 0.256 e. The molecular formula is C20H20ClN. The summed E-state index contributed by atoms with van der Waals surface area (Å²) >= 11 is 6.74. The van der Waals surface area contributed by atoms with Crippen LogP contribution in [0.15, 0.2) is 60.8 Å². The lowest BCUT2D eigenvalue weighted by atomic mass is 9.95. The summed E-state index contributed by atoms with van der Waals surface area (Å²) in [6.07, 6.45) is 2.97. The highest BCUT2D eigenvalue weighted by Gasteiger charge is 2.15.